The molecular formula is C17H22Cl2N4O2. The van der Waals surface area contributed by atoms with Crippen LogP contribution in [0.5, 0.6) is 0 Å². The number of benzene rings is 1. The van der Waals surface area contributed by atoms with Gasteiger partial charge in [0.05, 0.1) is 0 Å². The standard InChI is InChI=1S/C17H21ClN4O2.ClH/c18-14-3-1-2-13(10-14)17-21-16(24-22-17)7-9-20-15(23)5-4-12-6-8-19-11-12;/h1-3,10,12,19H,4-9,11H2,(H,20,23);1H. The molecule has 3 rings (SSSR count). The van der Waals surface area contributed by atoms with E-state index in [1.807, 2.05) is 12.1 Å². The molecular weight excluding hydrogens is 363 g/mol. The summed E-state index contributed by atoms with van der Waals surface area (Å²) in [7, 11) is 0. The Labute approximate surface area is 158 Å². The number of aromatic nitrogens is 2. The van der Waals surface area contributed by atoms with Crippen LogP contribution >= 0.6 is 24.0 Å². The van der Waals surface area contributed by atoms with Crippen LogP contribution in [0.15, 0.2) is 28.8 Å². The van der Waals surface area contributed by atoms with E-state index in [9.17, 15) is 4.79 Å². The summed E-state index contributed by atoms with van der Waals surface area (Å²) in [5.41, 5.74) is 0.812. The van der Waals surface area contributed by atoms with Crippen molar-refractivity contribution >= 4 is 29.9 Å². The largest absolute Gasteiger partial charge is 0.356 e. The summed E-state index contributed by atoms with van der Waals surface area (Å²) < 4.78 is 5.22. The molecule has 0 spiro atoms. The van der Waals surface area contributed by atoms with Gasteiger partial charge in [-0.3, -0.25) is 4.79 Å². The number of hydrogen-bond donors (Lipinski definition) is 2. The van der Waals surface area contributed by atoms with Gasteiger partial charge < -0.3 is 15.2 Å². The molecule has 2 heterocycles. The van der Waals surface area contributed by atoms with Crippen molar-refractivity contribution < 1.29 is 9.32 Å². The summed E-state index contributed by atoms with van der Waals surface area (Å²) >= 11 is 5.96. The Morgan fingerprint density at radius 2 is 2.32 bits per heavy atom. The highest BCUT2D eigenvalue weighted by atomic mass is 35.5. The van der Waals surface area contributed by atoms with Crippen molar-refractivity contribution in [3.63, 3.8) is 0 Å². The summed E-state index contributed by atoms with van der Waals surface area (Å²) in [6, 6.07) is 7.30. The molecule has 6 nitrogen and oxygen atoms in total. The molecule has 2 N–H and O–H groups in total. The minimum atomic E-state index is 0. The van der Waals surface area contributed by atoms with Crippen molar-refractivity contribution in [2.24, 2.45) is 5.92 Å². The van der Waals surface area contributed by atoms with Crippen LogP contribution in [0.4, 0.5) is 0 Å². The van der Waals surface area contributed by atoms with Crippen LogP contribution < -0.4 is 10.6 Å². The molecule has 2 aromatic rings. The van der Waals surface area contributed by atoms with Gasteiger partial charge in [0.25, 0.3) is 0 Å². The SMILES string of the molecule is Cl.O=C(CCC1CCNC1)NCCc1nc(-c2cccc(Cl)c2)no1. The van der Waals surface area contributed by atoms with E-state index in [0.29, 0.717) is 42.0 Å². The molecule has 1 aromatic carbocycles. The predicted octanol–water partition coefficient (Wildman–Crippen LogP) is 2.86. The zero-order valence-corrected chi connectivity index (χ0v) is 15.4. The second kappa shape index (κ2) is 9.75. The lowest BCUT2D eigenvalue weighted by atomic mass is 10.0. The zero-order valence-electron chi connectivity index (χ0n) is 13.8. The van der Waals surface area contributed by atoms with E-state index in [4.69, 9.17) is 16.1 Å². The minimum absolute atomic E-state index is 0. The highest BCUT2D eigenvalue weighted by Crippen LogP contribution is 2.20. The lowest BCUT2D eigenvalue weighted by Gasteiger charge is -2.07. The molecule has 8 heteroatoms. The second-order valence-electron chi connectivity index (χ2n) is 6.02. The molecule has 0 radical (unpaired) electrons. The van der Waals surface area contributed by atoms with Crippen LogP contribution in [0.25, 0.3) is 11.4 Å². The molecule has 1 unspecified atom stereocenters. The number of amides is 1. The van der Waals surface area contributed by atoms with E-state index in [1.165, 1.54) is 6.42 Å². The highest BCUT2D eigenvalue weighted by Gasteiger charge is 2.15. The van der Waals surface area contributed by atoms with Gasteiger partial charge in [0, 0.05) is 30.0 Å². The molecule has 1 amide bonds. The van der Waals surface area contributed by atoms with Crippen molar-refractivity contribution in [1.29, 1.82) is 0 Å². The van der Waals surface area contributed by atoms with Gasteiger partial charge in [-0.1, -0.05) is 28.9 Å². The Bertz CT molecular complexity index is 687. The average molecular weight is 385 g/mol. The van der Waals surface area contributed by atoms with Gasteiger partial charge in [0.15, 0.2) is 0 Å². The fraction of sp³-hybridized carbons (Fsp3) is 0.471. The smallest absolute Gasteiger partial charge is 0.228 e. The first-order chi connectivity index (χ1) is 11.7. The van der Waals surface area contributed by atoms with Crippen molar-refractivity contribution in [3.05, 3.63) is 35.2 Å². The number of halogens is 2. The number of rotatable bonds is 7. The van der Waals surface area contributed by atoms with Crippen molar-refractivity contribution in [3.8, 4) is 11.4 Å². The van der Waals surface area contributed by atoms with Gasteiger partial charge in [-0.15, -0.1) is 12.4 Å². The quantitative estimate of drug-likeness (QED) is 0.766. The molecule has 25 heavy (non-hydrogen) atoms. The normalized spacial score (nSPS) is 16.4. The maximum absolute atomic E-state index is 11.8. The maximum atomic E-state index is 11.8. The molecule has 136 valence electrons. The molecule has 1 aliphatic rings. The van der Waals surface area contributed by atoms with E-state index in [1.54, 1.807) is 12.1 Å². The summed E-state index contributed by atoms with van der Waals surface area (Å²) in [4.78, 5) is 16.2. The number of nitrogens with one attached hydrogen (secondary N) is 2. The summed E-state index contributed by atoms with van der Waals surface area (Å²) in [6.45, 7) is 2.60. The topological polar surface area (TPSA) is 80.0 Å². The zero-order chi connectivity index (χ0) is 16.8. The number of hydrogen-bond acceptors (Lipinski definition) is 5. The van der Waals surface area contributed by atoms with Crippen LogP contribution in [-0.2, 0) is 11.2 Å². The molecule has 0 aliphatic carbocycles. The van der Waals surface area contributed by atoms with Crippen molar-refractivity contribution in [2.75, 3.05) is 19.6 Å². The molecule has 1 aliphatic heterocycles. The summed E-state index contributed by atoms with van der Waals surface area (Å²) in [6.07, 6.45) is 3.20. The Hall–Kier alpha value is -1.63. The number of nitrogens with zero attached hydrogens (tertiary/aromatic N) is 2. The van der Waals surface area contributed by atoms with Gasteiger partial charge in [-0.2, -0.15) is 4.98 Å². The van der Waals surface area contributed by atoms with Gasteiger partial charge in [-0.25, -0.2) is 0 Å². The average Bonchev–Trinajstić information content (AvgIpc) is 3.25. The third-order valence-electron chi connectivity index (χ3n) is 4.15. The lowest BCUT2D eigenvalue weighted by molar-refractivity contribution is -0.121. The fourth-order valence-corrected chi connectivity index (χ4v) is 2.98. The van der Waals surface area contributed by atoms with Crippen LogP contribution in [0.3, 0.4) is 0 Å². The molecule has 1 saturated heterocycles. The fourth-order valence-electron chi connectivity index (χ4n) is 2.79. The van der Waals surface area contributed by atoms with E-state index in [-0.39, 0.29) is 18.3 Å². The summed E-state index contributed by atoms with van der Waals surface area (Å²) in [5.74, 6) is 1.72. The highest BCUT2D eigenvalue weighted by molar-refractivity contribution is 6.30. The van der Waals surface area contributed by atoms with Gasteiger partial charge in [0.2, 0.25) is 17.6 Å². The van der Waals surface area contributed by atoms with E-state index in [2.05, 4.69) is 20.8 Å². The van der Waals surface area contributed by atoms with Crippen LogP contribution in [0.1, 0.15) is 25.2 Å². The molecule has 0 bridgehead atoms. The Morgan fingerprint density at radius 1 is 1.44 bits per heavy atom. The van der Waals surface area contributed by atoms with Gasteiger partial charge in [-0.05, 0) is 44.0 Å². The predicted molar refractivity (Wildman–Crippen MR) is 98.9 cm³/mol. The number of carbonyl (C=O) groups is 1. The van der Waals surface area contributed by atoms with Crippen molar-refractivity contribution in [1.82, 2.24) is 20.8 Å². The van der Waals surface area contributed by atoms with Gasteiger partial charge in [0.1, 0.15) is 0 Å². The van der Waals surface area contributed by atoms with Crippen molar-refractivity contribution in [2.45, 2.75) is 25.7 Å². The molecule has 0 saturated carbocycles. The third kappa shape index (κ3) is 5.99. The maximum Gasteiger partial charge on any atom is 0.228 e. The van der Waals surface area contributed by atoms with Crippen LogP contribution in [0.2, 0.25) is 5.02 Å². The first-order valence-corrected chi connectivity index (χ1v) is 8.64. The van der Waals surface area contributed by atoms with E-state index >= 15 is 0 Å². The first kappa shape index (κ1) is 19.7. The van der Waals surface area contributed by atoms with E-state index in [0.717, 1.165) is 25.1 Å². The number of carbonyl (C=O) groups excluding carboxylic acids is 1. The first-order valence-electron chi connectivity index (χ1n) is 8.26. The van der Waals surface area contributed by atoms with E-state index < -0.39 is 0 Å². The Kier molecular flexibility index (Phi) is 7.68. The molecule has 1 aromatic heterocycles. The summed E-state index contributed by atoms with van der Waals surface area (Å²) in [5, 5.41) is 10.8. The second-order valence-corrected chi connectivity index (χ2v) is 6.46. The monoisotopic (exact) mass is 384 g/mol. The Morgan fingerprint density at radius 3 is 3.08 bits per heavy atom. The lowest BCUT2D eigenvalue weighted by Crippen LogP contribution is -2.26. The minimum Gasteiger partial charge on any atom is -0.356 e. The van der Waals surface area contributed by atoms with Gasteiger partial charge >= 0.3 is 0 Å². The van der Waals surface area contributed by atoms with Crippen LogP contribution in [-0.4, -0.2) is 35.7 Å². The Balaban J connectivity index is 0.00000225. The molecule has 1 fully saturated rings. The van der Waals surface area contributed by atoms with Crippen LogP contribution in [0, 0.1) is 5.92 Å². The third-order valence-corrected chi connectivity index (χ3v) is 4.39. The molecule has 1 atom stereocenters.